The molecule has 4 aliphatic carbocycles. The first-order valence-corrected chi connectivity index (χ1v) is 20.8. The third-order valence-electron chi connectivity index (χ3n) is 16.1. The molecular formula is C41H63NO15. The summed E-state index contributed by atoms with van der Waals surface area (Å²) in [4.78, 5) is 55.6. The van der Waals surface area contributed by atoms with Gasteiger partial charge in [0.15, 0.2) is 17.8 Å². The first-order chi connectivity index (χ1) is 26.3. The second kappa shape index (κ2) is 13.8. The number of fused-ring (bicyclic) bond motifs is 5. The van der Waals surface area contributed by atoms with Crippen molar-refractivity contribution >= 4 is 23.9 Å². The average Bonchev–Trinajstić information content (AvgIpc) is 3.40. The molecule has 7 aliphatic rings. The number of piperidine rings is 2. The van der Waals surface area contributed by atoms with Crippen LogP contribution in [0.2, 0.25) is 0 Å². The lowest BCUT2D eigenvalue weighted by atomic mass is 9.48. The molecule has 3 aliphatic heterocycles. The Balaban J connectivity index is 1.45. The van der Waals surface area contributed by atoms with Crippen LogP contribution in [0.5, 0.6) is 0 Å². The molecule has 0 aromatic heterocycles. The molecule has 3 saturated heterocycles. The summed E-state index contributed by atoms with van der Waals surface area (Å²) in [6.07, 6.45) is -7.41. The molecule has 4 saturated carbocycles. The molecule has 7 fully saturated rings. The predicted octanol–water partition coefficient (Wildman–Crippen LogP) is 0.578. The minimum Gasteiger partial charge on any atom is -0.458 e. The van der Waals surface area contributed by atoms with Gasteiger partial charge in [-0.3, -0.25) is 19.3 Å². The molecule has 2 unspecified atom stereocenters. The Morgan fingerprint density at radius 1 is 0.930 bits per heavy atom. The molecule has 322 valence electrons. The van der Waals surface area contributed by atoms with Crippen LogP contribution in [0, 0.1) is 46.8 Å². The van der Waals surface area contributed by atoms with Crippen molar-refractivity contribution in [2.45, 2.75) is 172 Å². The fraction of sp³-hybridized carbons (Fsp3) is 0.902. The lowest BCUT2D eigenvalue weighted by Crippen LogP contribution is -2.78. The van der Waals surface area contributed by atoms with Crippen LogP contribution in [-0.2, 0) is 42.9 Å². The van der Waals surface area contributed by atoms with Crippen molar-refractivity contribution in [3.05, 3.63) is 0 Å². The normalized spacial score (nSPS) is 50.4. The van der Waals surface area contributed by atoms with Gasteiger partial charge in [0.1, 0.15) is 17.8 Å². The summed E-state index contributed by atoms with van der Waals surface area (Å²) in [7, 11) is 0. The SMILES string of the molecule is CC[C@@H](C)C(=O)O[C@H]1[C@H](O)[C@H]2[C@@H](CN3C[C@@H](C)CC[C@H]3[C@@]2(C)O)[C@@H]2C[C@]34O[C@]5(O)[C@@H](OC(=O)C(C)(O)C(C)O)CC[C@@]3(C)[C@@H]5[C@@H](OC(C)=O)[C@@H](OC(C)=O)[C@H]4[C@@]21O. The van der Waals surface area contributed by atoms with E-state index in [9.17, 15) is 49.8 Å². The molecular weight excluding hydrogens is 746 g/mol. The van der Waals surface area contributed by atoms with Gasteiger partial charge in [0, 0.05) is 44.3 Å². The van der Waals surface area contributed by atoms with Crippen LogP contribution in [0.4, 0.5) is 0 Å². The van der Waals surface area contributed by atoms with Crippen molar-refractivity contribution in [1.29, 1.82) is 0 Å². The van der Waals surface area contributed by atoms with Gasteiger partial charge in [-0.2, -0.15) is 0 Å². The standard InChI is InChI=1S/C41H63NO15/c1-10-19(3)34(47)56-33-28(46)27-23(17-42-16-18(2)11-12-25(42)38(27,9)50)24-15-39-32(40(24,33)51)30(54-22(6)45)29(53-21(5)44)31-36(39,7)14-13-26(41(31,52)57-39)55-35(48)37(8,49)20(4)43/h18-20,23-33,43,46,49-52H,10-17H2,1-9H3/t18-,19+,20?,23-,24-,25-,26-,27+,28+,29-,30+,31-,32+,33-,36-,37?,38+,39+,40-,41+/m0/s1. The van der Waals surface area contributed by atoms with E-state index in [1.807, 2.05) is 6.92 Å². The van der Waals surface area contributed by atoms with Gasteiger partial charge in [0.05, 0.1) is 41.2 Å². The second-order valence-electron chi connectivity index (χ2n) is 19.4. The van der Waals surface area contributed by atoms with Gasteiger partial charge in [-0.25, -0.2) is 4.79 Å². The summed E-state index contributed by atoms with van der Waals surface area (Å²) in [5.74, 6) is -11.5. The molecule has 20 atom stereocenters. The van der Waals surface area contributed by atoms with E-state index in [-0.39, 0.29) is 25.3 Å². The lowest BCUT2D eigenvalue weighted by Gasteiger charge is -2.64. The number of carbonyl (C=O) groups excluding carboxylic acids is 4. The van der Waals surface area contributed by atoms with Gasteiger partial charge in [-0.1, -0.05) is 27.7 Å². The molecule has 0 radical (unpaired) electrons. The highest BCUT2D eigenvalue weighted by molar-refractivity contribution is 5.79. The highest BCUT2D eigenvalue weighted by Crippen LogP contribution is 2.78. The van der Waals surface area contributed by atoms with Crippen LogP contribution in [-0.4, -0.2) is 143 Å². The van der Waals surface area contributed by atoms with E-state index >= 15 is 0 Å². The van der Waals surface area contributed by atoms with Crippen LogP contribution >= 0.6 is 0 Å². The van der Waals surface area contributed by atoms with Crippen molar-refractivity contribution in [2.75, 3.05) is 13.1 Å². The number of rotatable bonds is 8. The highest BCUT2D eigenvalue weighted by Gasteiger charge is 2.90. The van der Waals surface area contributed by atoms with E-state index in [0.717, 1.165) is 27.2 Å². The number of aliphatic hydroxyl groups is 6. The fourth-order valence-electron chi connectivity index (χ4n) is 13.1. The minimum absolute atomic E-state index is 0.0170. The van der Waals surface area contributed by atoms with Crippen molar-refractivity contribution in [2.24, 2.45) is 46.8 Å². The predicted molar refractivity (Wildman–Crippen MR) is 196 cm³/mol. The van der Waals surface area contributed by atoms with E-state index in [4.69, 9.17) is 23.7 Å². The molecule has 0 amide bonds. The topological polar surface area (TPSA) is 239 Å². The van der Waals surface area contributed by atoms with Crippen molar-refractivity contribution in [3.8, 4) is 0 Å². The number of nitrogens with zero attached hydrogens (tertiary/aromatic N) is 1. The van der Waals surface area contributed by atoms with Gasteiger partial charge >= 0.3 is 23.9 Å². The van der Waals surface area contributed by atoms with Gasteiger partial charge in [0.2, 0.25) is 5.79 Å². The van der Waals surface area contributed by atoms with Gasteiger partial charge in [-0.05, 0) is 77.0 Å². The van der Waals surface area contributed by atoms with E-state index in [1.54, 1.807) is 20.8 Å². The summed E-state index contributed by atoms with van der Waals surface area (Å²) in [6.45, 7) is 14.7. The van der Waals surface area contributed by atoms with Crippen molar-refractivity contribution < 1.29 is 73.5 Å². The summed E-state index contributed by atoms with van der Waals surface area (Å²) in [6, 6.07) is -0.329. The zero-order chi connectivity index (χ0) is 42.2. The Kier molecular flexibility index (Phi) is 10.3. The molecule has 16 heteroatoms. The third kappa shape index (κ3) is 5.81. The van der Waals surface area contributed by atoms with Gasteiger partial charge < -0.3 is 54.3 Å². The fourth-order valence-corrected chi connectivity index (χ4v) is 13.1. The third-order valence-corrected chi connectivity index (χ3v) is 16.1. The number of hydrogen-bond acceptors (Lipinski definition) is 16. The van der Waals surface area contributed by atoms with Crippen LogP contribution in [0.1, 0.15) is 101 Å². The Hall–Kier alpha value is -2.44. The average molecular weight is 810 g/mol. The molecule has 3 heterocycles. The number of ether oxygens (including phenoxy) is 5. The molecule has 16 nitrogen and oxygen atoms in total. The van der Waals surface area contributed by atoms with E-state index in [2.05, 4.69) is 11.8 Å². The molecule has 7 rings (SSSR count). The lowest BCUT2D eigenvalue weighted by molar-refractivity contribution is -0.301. The molecule has 4 bridgehead atoms. The van der Waals surface area contributed by atoms with Crippen LogP contribution < -0.4 is 0 Å². The summed E-state index contributed by atoms with van der Waals surface area (Å²) >= 11 is 0. The van der Waals surface area contributed by atoms with Gasteiger partial charge in [0.25, 0.3) is 0 Å². The van der Waals surface area contributed by atoms with E-state index in [0.29, 0.717) is 31.8 Å². The monoisotopic (exact) mass is 809 g/mol. The number of esters is 4. The van der Waals surface area contributed by atoms with Crippen LogP contribution in [0.3, 0.4) is 0 Å². The molecule has 0 aromatic carbocycles. The Bertz CT molecular complexity index is 1650. The maximum atomic E-state index is 13.9. The summed E-state index contributed by atoms with van der Waals surface area (Å²) in [5, 5.41) is 73.2. The Morgan fingerprint density at radius 2 is 1.54 bits per heavy atom. The maximum absolute atomic E-state index is 13.9. The quantitative estimate of drug-likeness (QED) is 0.145. The molecule has 1 spiro atoms. The summed E-state index contributed by atoms with van der Waals surface area (Å²) in [5.41, 5.74) is -9.03. The smallest absolute Gasteiger partial charge is 0.341 e. The van der Waals surface area contributed by atoms with Crippen molar-refractivity contribution in [3.63, 3.8) is 0 Å². The number of carbonyl (C=O) groups is 4. The molecule has 57 heavy (non-hydrogen) atoms. The minimum atomic E-state index is -2.47. The number of hydrogen-bond donors (Lipinski definition) is 6. The van der Waals surface area contributed by atoms with E-state index < -0.39 is 130 Å². The van der Waals surface area contributed by atoms with Crippen LogP contribution in [0.25, 0.3) is 0 Å². The largest absolute Gasteiger partial charge is 0.458 e. The zero-order valence-electron chi connectivity index (χ0n) is 34.5. The van der Waals surface area contributed by atoms with E-state index in [1.165, 1.54) is 6.92 Å². The number of aliphatic hydroxyl groups excluding tert-OH is 2. The zero-order valence-corrected chi connectivity index (χ0v) is 34.5. The Morgan fingerprint density at radius 3 is 2.12 bits per heavy atom. The first kappa shape index (κ1) is 42.7. The van der Waals surface area contributed by atoms with Gasteiger partial charge in [-0.15, -0.1) is 0 Å². The molecule has 0 aromatic rings. The van der Waals surface area contributed by atoms with Crippen LogP contribution in [0.15, 0.2) is 0 Å². The Labute approximate surface area is 333 Å². The van der Waals surface area contributed by atoms with Crippen molar-refractivity contribution in [1.82, 2.24) is 4.90 Å². The second-order valence-corrected chi connectivity index (χ2v) is 19.4. The summed E-state index contributed by atoms with van der Waals surface area (Å²) < 4.78 is 31.1. The highest BCUT2D eigenvalue weighted by atomic mass is 16.7. The maximum Gasteiger partial charge on any atom is 0.341 e. The molecule has 6 N–H and O–H groups in total. The first-order valence-electron chi connectivity index (χ1n) is 20.8.